The lowest BCUT2D eigenvalue weighted by Gasteiger charge is -2.06. The van der Waals surface area contributed by atoms with Crippen molar-refractivity contribution in [3.8, 4) is 0 Å². The fourth-order valence-corrected chi connectivity index (χ4v) is 3.41. The van der Waals surface area contributed by atoms with Gasteiger partial charge in [-0.2, -0.15) is 0 Å². The summed E-state index contributed by atoms with van der Waals surface area (Å²) in [7, 11) is 0. The number of nitrogens with two attached hydrogens (primary N) is 1. The molecule has 2 heteroatoms. The molecule has 0 amide bonds. The molecule has 1 aliphatic rings. The molecule has 0 spiro atoms. The second-order valence-electron chi connectivity index (χ2n) is 5.79. The van der Waals surface area contributed by atoms with E-state index in [2.05, 4.69) is 24.3 Å². The maximum Gasteiger partial charge on any atom is 0.0696 e. The minimum absolute atomic E-state index is 1.14. The van der Waals surface area contributed by atoms with Crippen LogP contribution in [0.5, 0.6) is 0 Å². The van der Waals surface area contributed by atoms with E-state index in [1.165, 1.54) is 73.5 Å². The number of benzene rings is 1. The Morgan fingerprint density at radius 2 is 1.42 bits per heavy atom. The Hall–Kier alpha value is -1.44. The lowest BCUT2D eigenvalue weighted by molar-refractivity contribution is 0.586. The van der Waals surface area contributed by atoms with Gasteiger partial charge in [-0.05, 0) is 37.3 Å². The number of aromatic nitrogens is 1. The third kappa shape index (κ3) is 2.49. The fraction of sp³-hybridized carbons (Fsp3) is 0.529. The molecule has 0 saturated heterocycles. The zero-order valence-electron chi connectivity index (χ0n) is 11.7. The van der Waals surface area contributed by atoms with E-state index in [9.17, 15) is 0 Å². The van der Waals surface area contributed by atoms with Crippen LogP contribution in [0.4, 0.5) is 0 Å². The highest BCUT2D eigenvalue weighted by atomic mass is 15.3. The quantitative estimate of drug-likeness (QED) is 0.704. The molecule has 2 N–H and O–H groups in total. The van der Waals surface area contributed by atoms with Crippen molar-refractivity contribution in [2.24, 2.45) is 0 Å². The fourth-order valence-electron chi connectivity index (χ4n) is 3.41. The van der Waals surface area contributed by atoms with Crippen molar-refractivity contribution in [1.29, 1.82) is 0 Å². The summed E-state index contributed by atoms with van der Waals surface area (Å²) >= 11 is 0. The number of nitrogen functional groups attached to an aromatic ring is 1. The van der Waals surface area contributed by atoms with E-state index >= 15 is 0 Å². The molecule has 3 rings (SSSR count). The Morgan fingerprint density at radius 1 is 0.789 bits per heavy atom. The lowest BCUT2D eigenvalue weighted by atomic mass is 10.0. The molecule has 1 aromatic carbocycles. The molecule has 0 aliphatic heterocycles. The van der Waals surface area contributed by atoms with Crippen LogP contribution in [0.3, 0.4) is 0 Å². The Morgan fingerprint density at radius 3 is 2.21 bits per heavy atom. The number of hydrogen-bond donors (Lipinski definition) is 1. The maximum atomic E-state index is 6.33. The minimum atomic E-state index is 1.14. The number of rotatable bonds is 0. The van der Waals surface area contributed by atoms with Gasteiger partial charge in [-0.25, -0.2) is 0 Å². The van der Waals surface area contributed by atoms with E-state index in [4.69, 9.17) is 5.84 Å². The summed E-state index contributed by atoms with van der Waals surface area (Å²) in [5, 5.41) is 1.37. The summed E-state index contributed by atoms with van der Waals surface area (Å²) in [5.41, 5.74) is 4.09. The third-order valence-electron chi connectivity index (χ3n) is 4.47. The number of aryl methyl sites for hydroxylation is 1. The highest BCUT2D eigenvalue weighted by molar-refractivity contribution is 5.85. The van der Waals surface area contributed by atoms with Crippen LogP contribution in [0, 0.1) is 0 Å². The minimum Gasteiger partial charge on any atom is -0.339 e. The Bertz CT molecular complexity index is 554. The van der Waals surface area contributed by atoms with Crippen molar-refractivity contribution in [1.82, 2.24) is 4.68 Å². The van der Waals surface area contributed by atoms with Gasteiger partial charge in [0, 0.05) is 11.1 Å². The monoisotopic (exact) mass is 256 g/mol. The first-order chi connectivity index (χ1) is 9.38. The Labute approximate surface area is 115 Å². The first-order valence-corrected chi connectivity index (χ1v) is 7.74. The van der Waals surface area contributed by atoms with Gasteiger partial charge in [-0.15, -0.1) is 0 Å². The van der Waals surface area contributed by atoms with Crippen LogP contribution < -0.4 is 5.84 Å². The van der Waals surface area contributed by atoms with E-state index in [0.29, 0.717) is 0 Å². The van der Waals surface area contributed by atoms with Crippen LogP contribution in [0.2, 0.25) is 0 Å². The molecule has 1 aliphatic carbocycles. The van der Waals surface area contributed by atoms with Gasteiger partial charge < -0.3 is 5.84 Å². The highest BCUT2D eigenvalue weighted by Gasteiger charge is 2.15. The zero-order valence-corrected chi connectivity index (χ0v) is 11.7. The van der Waals surface area contributed by atoms with Gasteiger partial charge in [-0.3, -0.25) is 4.68 Å². The van der Waals surface area contributed by atoms with E-state index in [0.717, 1.165) is 6.42 Å². The van der Waals surface area contributed by atoms with Gasteiger partial charge in [-0.1, -0.05) is 50.3 Å². The smallest absolute Gasteiger partial charge is 0.0696 e. The summed E-state index contributed by atoms with van der Waals surface area (Å²) in [5.74, 6) is 6.33. The number of fused-ring (bicyclic) bond motifs is 3. The van der Waals surface area contributed by atoms with Crippen molar-refractivity contribution >= 4 is 10.9 Å². The molecule has 2 nitrogen and oxygen atoms in total. The highest BCUT2D eigenvalue weighted by Crippen LogP contribution is 2.28. The first kappa shape index (κ1) is 12.6. The lowest BCUT2D eigenvalue weighted by Crippen LogP contribution is -2.12. The summed E-state index contributed by atoms with van der Waals surface area (Å²) in [4.78, 5) is 0. The average molecular weight is 256 g/mol. The van der Waals surface area contributed by atoms with Crippen LogP contribution in [-0.2, 0) is 12.8 Å². The van der Waals surface area contributed by atoms with Crippen molar-refractivity contribution in [2.75, 3.05) is 5.84 Å². The molecular formula is C17H24N2. The summed E-state index contributed by atoms with van der Waals surface area (Å²) in [6, 6.07) is 8.60. The second-order valence-corrected chi connectivity index (χ2v) is 5.79. The Balaban J connectivity index is 2.01. The molecule has 102 valence electrons. The molecule has 0 atom stereocenters. The van der Waals surface area contributed by atoms with Gasteiger partial charge in [0.15, 0.2) is 0 Å². The summed E-state index contributed by atoms with van der Waals surface area (Å²) in [6.07, 6.45) is 11.8. The van der Waals surface area contributed by atoms with Gasteiger partial charge in [0.1, 0.15) is 0 Å². The van der Waals surface area contributed by atoms with E-state index in [1.807, 2.05) is 4.68 Å². The van der Waals surface area contributed by atoms with Crippen LogP contribution in [0.1, 0.15) is 56.2 Å². The molecule has 0 fully saturated rings. The molecule has 1 aromatic heterocycles. The average Bonchev–Trinajstić information content (AvgIpc) is 2.69. The van der Waals surface area contributed by atoms with Crippen molar-refractivity contribution in [3.63, 3.8) is 0 Å². The third-order valence-corrected chi connectivity index (χ3v) is 4.47. The topological polar surface area (TPSA) is 30.9 Å². The molecule has 0 radical (unpaired) electrons. The molecule has 2 aromatic rings. The predicted molar refractivity (Wildman–Crippen MR) is 81.8 cm³/mol. The summed E-state index contributed by atoms with van der Waals surface area (Å²) < 4.78 is 1.95. The van der Waals surface area contributed by atoms with Crippen molar-refractivity contribution in [2.45, 2.75) is 57.8 Å². The van der Waals surface area contributed by atoms with E-state index < -0.39 is 0 Å². The van der Waals surface area contributed by atoms with Crippen LogP contribution in [0.15, 0.2) is 24.3 Å². The molecule has 0 bridgehead atoms. The molecular weight excluding hydrogens is 232 g/mol. The number of para-hydroxylation sites is 1. The standard InChI is InChI=1S/C17H24N2/c18-19-16-12-7-5-3-1-2-4-6-10-14(16)15-11-8-9-13-17(15)19/h8-9,11,13H,1-7,10,12,18H2. The molecule has 0 saturated carbocycles. The van der Waals surface area contributed by atoms with Gasteiger partial charge in [0.05, 0.1) is 5.52 Å². The van der Waals surface area contributed by atoms with Crippen molar-refractivity contribution in [3.05, 3.63) is 35.5 Å². The first-order valence-electron chi connectivity index (χ1n) is 7.74. The van der Waals surface area contributed by atoms with Crippen molar-refractivity contribution < 1.29 is 0 Å². The normalized spacial score (nSPS) is 17.9. The number of nitrogens with zero attached hydrogens (tertiary/aromatic N) is 1. The van der Waals surface area contributed by atoms with Crippen LogP contribution >= 0.6 is 0 Å². The van der Waals surface area contributed by atoms with E-state index in [1.54, 1.807) is 0 Å². The van der Waals surface area contributed by atoms with Gasteiger partial charge in [0.2, 0.25) is 0 Å². The van der Waals surface area contributed by atoms with Gasteiger partial charge in [0.25, 0.3) is 0 Å². The summed E-state index contributed by atoms with van der Waals surface area (Å²) in [6.45, 7) is 0. The molecule has 1 heterocycles. The predicted octanol–water partition coefficient (Wildman–Crippen LogP) is 4.18. The zero-order chi connectivity index (χ0) is 13.1. The second kappa shape index (κ2) is 5.68. The van der Waals surface area contributed by atoms with Crippen LogP contribution in [0.25, 0.3) is 10.9 Å². The Kier molecular flexibility index (Phi) is 3.77. The molecule has 0 unspecified atom stereocenters. The SMILES string of the molecule is Nn1c2c(c3ccccc31)CCCCCCCCC2. The number of hydrogen-bond acceptors (Lipinski definition) is 1. The molecule has 19 heavy (non-hydrogen) atoms. The maximum absolute atomic E-state index is 6.33. The van der Waals surface area contributed by atoms with Crippen LogP contribution in [-0.4, -0.2) is 4.68 Å². The van der Waals surface area contributed by atoms with E-state index in [-0.39, 0.29) is 0 Å². The van der Waals surface area contributed by atoms with Gasteiger partial charge >= 0.3 is 0 Å². The largest absolute Gasteiger partial charge is 0.339 e.